The van der Waals surface area contributed by atoms with Crippen LogP contribution in [0, 0.1) is 11.8 Å². The Hall–Kier alpha value is -5.02. The van der Waals surface area contributed by atoms with Crippen molar-refractivity contribution in [1.29, 1.82) is 0 Å². The second-order valence-corrected chi connectivity index (χ2v) is 24.9. The van der Waals surface area contributed by atoms with Gasteiger partial charge in [-0.05, 0) is 57.1 Å². The molecule has 0 N–H and O–H groups in total. The highest BCUT2D eigenvalue weighted by Crippen LogP contribution is 2.55. The topological polar surface area (TPSA) is 87.2 Å². The summed E-state index contributed by atoms with van der Waals surface area (Å²) in [7, 11) is 2.11. The van der Waals surface area contributed by atoms with Crippen molar-refractivity contribution in [2.45, 2.75) is 129 Å². The Balaban J connectivity index is 1.79. The summed E-state index contributed by atoms with van der Waals surface area (Å²) in [5.41, 5.74) is 3.71. The van der Waals surface area contributed by atoms with Crippen LogP contribution in [0.25, 0.3) is 0 Å². The summed E-state index contributed by atoms with van der Waals surface area (Å²) >= 11 is 0. The van der Waals surface area contributed by atoms with E-state index in [-0.39, 0.29) is 58.9 Å². The third-order valence-corrected chi connectivity index (χ3v) is 19.5. The Bertz CT molecular complexity index is 2020. The quantitative estimate of drug-likeness (QED) is 0.0877. The summed E-state index contributed by atoms with van der Waals surface area (Å²) in [4.78, 5) is 64.7. The van der Waals surface area contributed by atoms with E-state index in [2.05, 4.69) is 55.4 Å². The molecule has 0 aliphatic rings. The molecule has 0 fully saturated rings. The van der Waals surface area contributed by atoms with Crippen molar-refractivity contribution in [2.75, 3.05) is 21.1 Å². The smallest absolute Gasteiger partial charge is 0.315 e. The van der Waals surface area contributed by atoms with E-state index in [0.29, 0.717) is 12.8 Å². The van der Waals surface area contributed by atoms with E-state index in [9.17, 15) is 4.79 Å². The molecule has 8 nitrogen and oxygen atoms in total. The molecule has 334 valence electrons. The van der Waals surface area contributed by atoms with Crippen molar-refractivity contribution in [3.8, 4) is 0 Å². The number of amides is 3. The average molecular weight is 860 g/mol. The Labute approximate surface area is 374 Å². The highest BCUT2D eigenvalue weighted by molar-refractivity contribution is 6.80. The minimum absolute atomic E-state index is 0.125. The standard InChI is InChI=1S/C53H73N3O5Si/c1-13-44(34-40-26-18-14-19-27-40)48(57)54(10)45(35-41-28-20-15-21-29-41)49(58)55(11)46(36-42-30-22-16-23-31-42)50(59)56(12)47(37-43-32-24-17-25-33-43)51(60)61-62(38-39(2)3,52(4,5)6)53(7,8)9/h14-33,39,44-47H,13,34-38H2,1-12H3/t44-,45-,46-,47-/m0/s1. The summed E-state index contributed by atoms with van der Waals surface area (Å²) in [5, 5.41) is -0.606. The fraction of sp³-hybridized carbons (Fsp3) is 0.472. The molecule has 0 spiro atoms. The van der Waals surface area contributed by atoms with Crippen LogP contribution >= 0.6 is 0 Å². The molecule has 3 amide bonds. The van der Waals surface area contributed by atoms with Gasteiger partial charge in [0.05, 0.1) is 0 Å². The zero-order chi connectivity index (χ0) is 45.8. The molecule has 4 atom stereocenters. The number of rotatable bonds is 19. The first-order valence-corrected chi connectivity index (χ1v) is 24.5. The molecule has 0 unspecified atom stereocenters. The van der Waals surface area contributed by atoms with Gasteiger partial charge in [-0.2, -0.15) is 0 Å². The fourth-order valence-corrected chi connectivity index (χ4v) is 14.9. The van der Waals surface area contributed by atoms with Crippen LogP contribution in [-0.2, 0) is 49.3 Å². The zero-order valence-electron chi connectivity index (χ0n) is 39.6. The van der Waals surface area contributed by atoms with Crippen LogP contribution in [0.1, 0.15) is 91.0 Å². The number of carbonyl (C=O) groups excluding carboxylic acids is 4. The minimum Gasteiger partial charge on any atom is -0.516 e. The normalized spacial score (nSPS) is 14.0. The largest absolute Gasteiger partial charge is 0.516 e. The minimum atomic E-state index is -2.92. The third kappa shape index (κ3) is 12.5. The van der Waals surface area contributed by atoms with E-state index in [1.54, 1.807) is 26.0 Å². The van der Waals surface area contributed by atoms with Crippen LogP contribution < -0.4 is 0 Å². The average Bonchev–Trinajstić information content (AvgIpc) is 3.24. The maximum absolute atomic E-state index is 15.4. The van der Waals surface area contributed by atoms with Crippen molar-refractivity contribution in [1.82, 2.24) is 14.7 Å². The van der Waals surface area contributed by atoms with Crippen molar-refractivity contribution in [2.24, 2.45) is 11.8 Å². The van der Waals surface area contributed by atoms with Gasteiger partial charge in [0, 0.05) is 46.3 Å². The van der Waals surface area contributed by atoms with Gasteiger partial charge >= 0.3 is 5.97 Å². The number of benzene rings is 4. The second-order valence-electron chi connectivity index (χ2n) is 19.6. The van der Waals surface area contributed by atoms with Gasteiger partial charge in [0.1, 0.15) is 18.1 Å². The van der Waals surface area contributed by atoms with Crippen molar-refractivity contribution < 1.29 is 23.6 Å². The summed E-state index contributed by atoms with van der Waals surface area (Å²) in [6.07, 6.45) is 1.86. The lowest BCUT2D eigenvalue weighted by atomic mass is 9.93. The van der Waals surface area contributed by atoms with Gasteiger partial charge in [0.15, 0.2) is 0 Å². The number of carbonyl (C=O) groups is 4. The molecular formula is C53H73N3O5Si. The van der Waals surface area contributed by atoms with Gasteiger partial charge in [-0.25, -0.2) is 0 Å². The first-order chi connectivity index (χ1) is 29.2. The van der Waals surface area contributed by atoms with Gasteiger partial charge in [-0.3, -0.25) is 19.2 Å². The van der Waals surface area contributed by atoms with E-state index in [4.69, 9.17) is 4.43 Å². The maximum Gasteiger partial charge on any atom is 0.315 e. The summed E-state index contributed by atoms with van der Waals surface area (Å²) in [5.74, 6) is -1.34. The third-order valence-electron chi connectivity index (χ3n) is 12.7. The molecule has 0 saturated carbocycles. The molecule has 4 aromatic carbocycles. The molecule has 0 radical (unpaired) electrons. The molecule has 4 aromatic rings. The summed E-state index contributed by atoms with van der Waals surface area (Å²) in [6, 6.07) is 36.9. The van der Waals surface area contributed by atoms with Gasteiger partial charge < -0.3 is 19.1 Å². The van der Waals surface area contributed by atoms with E-state index >= 15 is 14.4 Å². The van der Waals surface area contributed by atoms with Crippen LogP contribution in [0.3, 0.4) is 0 Å². The van der Waals surface area contributed by atoms with Crippen molar-refractivity contribution >= 4 is 32.0 Å². The van der Waals surface area contributed by atoms with E-state index in [1.807, 2.05) is 128 Å². The van der Waals surface area contributed by atoms with Crippen molar-refractivity contribution in [3.05, 3.63) is 144 Å². The lowest BCUT2D eigenvalue weighted by molar-refractivity contribution is -0.154. The molecule has 0 aromatic heterocycles. The molecule has 0 heterocycles. The van der Waals surface area contributed by atoms with E-state index in [1.165, 1.54) is 9.80 Å². The predicted molar refractivity (Wildman–Crippen MR) is 255 cm³/mol. The van der Waals surface area contributed by atoms with Crippen LogP contribution in [0.15, 0.2) is 121 Å². The van der Waals surface area contributed by atoms with E-state index < -0.39 is 32.4 Å². The lowest BCUT2D eigenvalue weighted by Crippen LogP contribution is -2.61. The maximum atomic E-state index is 15.4. The number of likely N-dealkylation sites (N-methyl/N-ethyl adjacent to an activating group) is 3. The number of hydrogen-bond acceptors (Lipinski definition) is 5. The Kier molecular flexibility index (Phi) is 17.5. The van der Waals surface area contributed by atoms with Gasteiger partial charge in [-0.15, -0.1) is 0 Å². The Morgan fingerprint density at radius 1 is 0.500 bits per heavy atom. The van der Waals surface area contributed by atoms with Gasteiger partial charge in [0.25, 0.3) is 8.32 Å². The van der Waals surface area contributed by atoms with Crippen LogP contribution in [0.4, 0.5) is 0 Å². The van der Waals surface area contributed by atoms with Crippen LogP contribution in [-0.4, -0.2) is 86.0 Å². The lowest BCUT2D eigenvalue weighted by Gasteiger charge is -2.51. The van der Waals surface area contributed by atoms with Crippen LogP contribution in [0.5, 0.6) is 0 Å². The molecule has 0 bridgehead atoms. The number of hydrogen-bond donors (Lipinski definition) is 0. The highest BCUT2D eigenvalue weighted by Gasteiger charge is 2.58. The monoisotopic (exact) mass is 860 g/mol. The fourth-order valence-electron chi connectivity index (χ4n) is 9.09. The molecule has 9 heteroatoms. The summed E-state index contributed by atoms with van der Waals surface area (Å²) in [6.45, 7) is 19.4. The van der Waals surface area contributed by atoms with Crippen molar-refractivity contribution in [3.63, 3.8) is 0 Å². The Morgan fingerprint density at radius 3 is 1.13 bits per heavy atom. The first-order valence-electron chi connectivity index (χ1n) is 22.4. The number of nitrogens with zero attached hydrogens (tertiary/aromatic N) is 3. The first kappa shape index (κ1) is 49.6. The Morgan fingerprint density at radius 2 is 0.806 bits per heavy atom. The summed E-state index contributed by atoms with van der Waals surface area (Å²) < 4.78 is 7.01. The zero-order valence-corrected chi connectivity index (χ0v) is 40.6. The van der Waals surface area contributed by atoms with Gasteiger partial charge in [0.2, 0.25) is 17.7 Å². The SMILES string of the molecule is CC[C@@H](Cc1ccccc1)C(=O)N(C)[C@@H](Cc1ccccc1)C(=O)N(C)[C@@H](Cc1ccccc1)C(=O)N(C)[C@@H](Cc1ccccc1)C(=O)O[Si](CC(C)C)(C(C)(C)C)C(C)(C)C. The van der Waals surface area contributed by atoms with E-state index in [0.717, 1.165) is 28.3 Å². The molecular weight excluding hydrogens is 787 g/mol. The molecule has 4 rings (SSSR count). The highest BCUT2D eigenvalue weighted by atomic mass is 28.4. The van der Waals surface area contributed by atoms with Crippen LogP contribution in [0.2, 0.25) is 16.1 Å². The second kappa shape index (κ2) is 21.9. The van der Waals surface area contributed by atoms with Gasteiger partial charge in [-0.1, -0.05) is 184 Å². The predicted octanol–water partition coefficient (Wildman–Crippen LogP) is 10.2. The molecule has 62 heavy (non-hydrogen) atoms. The molecule has 0 aliphatic carbocycles. The molecule has 0 saturated heterocycles. The molecule has 0 aliphatic heterocycles.